The van der Waals surface area contributed by atoms with Crippen molar-refractivity contribution in [3.05, 3.63) is 66.6 Å². The van der Waals surface area contributed by atoms with E-state index in [0.29, 0.717) is 12.4 Å². The van der Waals surface area contributed by atoms with Crippen LogP contribution in [0.2, 0.25) is 0 Å². The minimum Gasteiger partial charge on any atom is -0.455 e. The first-order valence-electron chi connectivity index (χ1n) is 7.75. The monoisotopic (exact) mass is 393 g/mol. The third-order valence-corrected chi connectivity index (χ3v) is 3.23. The molecule has 0 spiro atoms. The van der Waals surface area contributed by atoms with Crippen LogP contribution in [0.1, 0.15) is 17.6 Å². The Balaban J connectivity index is 0.000000465. The summed E-state index contributed by atoms with van der Waals surface area (Å²) in [6, 6.07) is 19.4. The average Bonchev–Trinajstić information content (AvgIpc) is 3.08. The zero-order chi connectivity index (χ0) is 19.9. The minimum atomic E-state index is -4.94. The van der Waals surface area contributed by atoms with Crippen molar-refractivity contribution >= 4 is 5.97 Å². The summed E-state index contributed by atoms with van der Waals surface area (Å²) >= 11 is 0. The molecule has 0 fully saturated rings. The van der Waals surface area contributed by atoms with Gasteiger partial charge in [0.15, 0.2) is 0 Å². The number of esters is 1. The highest BCUT2D eigenvalue weighted by atomic mass is 35.7. The number of benzene rings is 2. The molecule has 0 radical (unpaired) electrons. The number of hydrogen-bond donors (Lipinski definition) is 0. The van der Waals surface area contributed by atoms with Gasteiger partial charge in [-0.3, -0.25) is 0 Å². The maximum absolute atomic E-state index is 11.9. The van der Waals surface area contributed by atoms with Gasteiger partial charge >= 0.3 is 11.9 Å². The van der Waals surface area contributed by atoms with Crippen molar-refractivity contribution in [2.75, 3.05) is 6.61 Å². The Labute approximate surface area is 157 Å². The largest absolute Gasteiger partial charge is 0.460 e. The lowest BCUT2D eigenvalue weighted by Crippen LogP contribution is -2.68. The van der Waals surface area contributed by atoms with E-state index in [1.54, 1.807) is 6.92 Å². The Kier molecular flexibility index (Phi) is 7.05. The number of H-pyrrole nitrogens is 1. The molecular weight excluding hydrogens is 378 g/mol. The van der Waals surface area contributed by atoms with Crippen LogP contribution < -0.4 is 23.6 Å². The zero-order valence-electron chi connectivity index (χ0n) is 14.2. The Bertz CT molecular complexity index is 797. The van der Waals surface area contributed by atoms with Gasteiger partial charge in [0.25, 0.3) is 5.69 Å². The molecule has 0 saturated carbocycles. The van der Waals surface area contributed by atoms with Crippen LogP contribution in [0.15, 0.2) is 65.1 Å². The highest BCUT2D eigenvalue weighted by Gasteiger charge is 2.29. The number of carbonyl (C=O) groups is 1. The number of ether oxygens (including phenoxy) is 1. The molecule has 8 nitrogen and oxygen atoms in total. The van der Waals surface area contributed by atoms with Gasteiger partial charge in [-0.1, -0.05) is 48.5 Å². The van der Waals surface area contributed by atoms with E-state index < -0.39 is 16.2 Å². The van der Waals surface area contributed by atoms with Crippen LogP contribution in [0.25, 0.3) is 22.6 Å². The van der Waals surface area contributed by atoms with Gasteiger partial charge in [-0.05, 0) is 19.1 Å². The maximum atomic E-state index is 11.9. The summed E-state index contributed by atoms with van der Waals surface area (Å²) in [5, 5.41) is 0. The van der Waals surface area contributed by atoms with Gasteiger partial charge in [-0.2, -0.15) is 4.98 Å². The van der Waals surface area contributed by atoms with E-state index in [9.17, 15) is 4.79 Å². The summed E-state index contributed by atoms with van der Waals surface area (Å²) in [5.74, 6) is 0.219. The van der Waals surface area contributed by atoms with Gasteiger partial charge in [-0.25, -0.2) is 23.4 Å². The van der Waals surface area contributed by atoms with Gasteiger partial charge < -0.3 is 9.15 Å². The van der Waals surface area contributed by atoms with E-state index in [0.717, 1.165) is 16.8 Å². The highest BCUT2D eigenvalue weighted by molar-refractivity contribution is 5.85. The van der Waals surface area contributed by atoms with E-state index in [1.165, 1.54) is 0 Å². The first-order valence-corrected chi connectivity index (χ1v) is 8.99. The molecule has 9 heteroatoms. The third-order valence-electron chi connectivity index (χ3n) is 3.23. The second-order valence-corrected chi connectivity index (χ2v) is 5.85. The lowest BCUT2D eigenvalue weighted by molar-refractivity contribution is -2.00. The number of carbonyl (C=O) groups excluding carboxylic acids is 1. The standard InChI is InChI=1S/C18H15NO3.ClHO4/c1-2-21-18(20)17-19-15(13-9-5-3-6-10-13)16(22-17)14-11-7-4-8-12-14;2-1(3,4)5/h3-12H,2H2,1H3;(H,2,3,4,5). The SMILES string of the molecule is CCOC(=O)c1[nH+]c(-c2ccccc2)c(-c2ccccc2)o1.[O-][Cl+3]([O-])([O-])[O-]. The first kappa shape index (κ1) is 20.6. The molecular formula is C18H16ClNO7. The van der Waals surface area contributed by atoms with Gasteiger partial charge in [0, 0.05) is 5.56 Å². The van der Waals surface area contributed by atoms with Crippen molar-refractivity contribution in [3.8, 4) is 22.6 Å². The van der Waals surface area contributed by atoms with Crippen molar-refractivity contribution in [2.24, 2.45) is 0 Å². The molecule has 27 heavy (non-hydrogen) atoms. The molecule has 1 aromatic heterocycles. The topological polar surface area (TPSA) is 146 Å². The van der Waals surface area contributed by atoms with Crippen LogP contribution in [0, 0.1) is 10.2 Å². The van der Waals surface area contributed by atoms with Crippen molar-refractivity contribution in [2.45, 2.75) is 6.92 Å². The lowest BCUT2D eigenvalue weighted by atomic mass is 10.1. The Morgan fingerprint density at radius 3 is 1.93 bits per heavy atom. The van der Waals surface area contributed by atoms with Gasteiger partial charge in [0.2, 0.25) is 5.76 Å². The number of halogens is 1. The Morgan fingerprint density at radius 2 is 1.44 bits per heavy atom. The summed E-state index contributed by atoms with van der Waals surface area (Å²) in [6.07, 6.45) is 0. The fraction of sp³-hybridized carbons (Fsp3) is 0.111. The van der Waals surface area contributed by atoms with E-state index in [1.807, 2.05) is 60.7 Å². The molecule has 2 aromatic carbocycles. The number of aromatic amines is 1. The molecule has 0 atom stereocenters. The van der Waals surface area contributed by atoms with Crippen LogP contribution in [0.4, 0.5) is 0 Å². The number of aromatic nitrogens is 1. The van der Waals surface area contributed by atoms with E-state index in [-0.39, 0.29) is 5.89 Å². The normalized spacial score (nSPS) is 10.7. The number of rotatable bonds is 4. The third kappa shape index (κ3) is 6.48. The molecule has 0 amide bonds. The number of hydrogen-bond acceptors (Lipinski definition) is 7. The van der Waals surface area contributed by atoms with Crippen molar-refractivity contribution in [1.82, 2.24) is 0 Å². The van der Waals surface area contributed by atoms with Gasteiger partial charge in [0.05, 0.1) is 12.2 Å². The summed E-state index contributed by atoms with van der Waals surface area (Å²) in [7, 11) is -4.94. The predicted octanol–water partition coefficient (Wildman–Crippen LogP) is -1.15. The zero-order valence-corrected chi connectivity index (χ0v) is 15.0. The van der Waals surface area contributed by atoms with Crippen LogP contribution in [-0.2, 0) is 4.74 Å². The van der Waals surface area contributed by atoms with Crippen molar-refractivity contribution in [1.29, 1.82) is 0 Å². The van der Waals surface area contributed by atoms with Crippen molar-refractivity contribution in [3.63, 3.8) is 0 Å². The molecule has 0 bridgehead atoms. The molecule has 0 aliphatic rings. The van der Waals surface area contributed by atoms with E-state index in [4.69, 9.17) is 27.8 Å². The Morgan fingerprint density at radius 1 is 0.963 bits per heavy atom. The van der Waals surface area contributed by atoms with Crippen LogP contribution in [0.5, 0.6) is 0 Å². The molecule has 3 aromatic rings. The lowest BCUT2D eigenvalue weighted by Gasteiger charge is -2.17. The number of oxazole rings is 1. The van der Waals surface area contributed by atoms with Crippen LogP contribution in [-0.4, -0.2) is 12.6 Å². The summed E-state index contributed by atoms with van der Waals surface area (Å²) < 4.78 is 44.7. The van der Waals surface area contributed by atoms with Crippen LogP contribution >= 0.6 is 0 Å². The minimum absolute atomic E-state index is 0.0968. The molecule has 142 valence electrons. The maximum Gasteiger partial charge on any atom is 0.460 e. The average molecular weight is 394 g/mol. The fourth-order valence-electron chi connectivity index (χ4n) is 2.24. The summed E-state index contributed by atoms with van der Waals surface area (Å²) in [4.78, 5) is 15.0. The Hall–Kier alpha value is -2.75. The second kappa shape index (κ2) is 9.26. The quantitative estimate of drug-likeness (QED) is 0.508. The fourth-order valence-corrected chi connectivity index (χ4v) is 2.24. The highest BCUT2D eigenvalue weighted by Crippen LogP contribution is 2.30. The molecule has 1 heterocycles. The molecule has 0 unspecified atom stereocenters. The van der Waals surface area contributed by atoms with Gasteiger partial charge in [-0.15, -0.1) is 10.2 Å². The van der Waals surface area contributed by atoms with E-state index >= 15 is 0 Å². The molecule has 0 saturated heterocycles. The second-order valence-electron chi connectivity index (χ2n) is 5.09. The predicted molar refractivity (Wildman–Crippen MR) is 82.1 cm³/mol. The van der Waals surface area contributed by atoms with Gasteiger partial charge in [0.1, 0.15) is 0 Å². The summed E-state index contributed by atoms with van der Waals surface area (Å²) in [6.45, 7) is 2.06. The summed E-state index contributed by atoms with van der Waals surface area (Å²) in [5.41, 5.74) is 2.60. The van der Waals surface area contributed by atoms with Crippen molar-refractivity contribution < 1.29 is 47.8 Å². The number of nitrogens with one attached hydrogen (secondary N) is 1. The molecule has 0 aliphatic heterocycles. The smallest absolute Gasteiger partial charge is 0.455 e. The van der Waals surface area contributed by atoms with E-state index in [2.05, 4.69) is 4.98 Å². The molecule has 0 aliphatic carbocycles. The molecule has 3 rings (SSSR count). The van der Waals surface area contributed by atoms with Crippen LogP contribution in [0.3, 0.4) is 0 Å². The first-order chi connectivity index (χ1) is 12.8. The molecule has 1 N–H and O–H groups in total.